The molecule has 0 aliphatic rings. The minimum Gasteiger partial charge on any atom is -0.306 e. The molecule has 2 aromatic carbocycles. The second-order valence-corrected chi connectivity index (χ2v) is 8.07. The maximum atomic E-state index is 13.3. The molecule has 0 spiro atoms. The highest BCUT2D eigenvalue weighted by Gasteiger charge is 2.17. The summed E-state index contributed by atoms with van der Waals surface area (Å²) >= 11 is 7.53. The Morgan fingerprint density at radius 2 is 1.88 bits per heavy atom. The average molecular weight is 461 g/mol. The van der Waals surface area contributed by atoms with Crippen LogP contribution in [-0.2, 0) is 0 Å². The van der Waals surface area contributed by atoms with Gasteiger partial charge in [-0.25, -0.2) is 9.36 Å². The first-order valence-corrected chi connectivity index (χ1v) is 11.1. The van der Waals surface area contributed by atoms with Gasteiger partial charge in [0.2, 0.25) is 0 Å². The molecule has 0 amide bonds. The van der Waals surface area contributed by atoms with E-state index in [-0.39, 0.29) is 0 Å². The van der Waals surface area contributed by atoms with Crippen LogP contribution in [0, 0.1) is 11.3 Å². The Hall–Kier alpha value is -3.73. The number of nitrogens with one attached hydrogen (secondary N) is 1. The number of aromatic nitrogens is 3. The van der Waals surface area contributed by atoms with Gasteiger partial charge in [-0.3, -0.25) is 9.78 Å². The van der Waals surface area contributed by atoms with Gasteiger partial charge in [-0.05, 0) is 24.3 Å². The number of hydrogen-bond acceptors (Lipinski definition) is 5. The Labute approximate surface area is 192 Å². The van der Waals surface area contributed by atoms with E-state index in [9.17, 15) is 14.9 Å². The number of fused-ring (bicyclic) bond motifs is 2. The van der Waals surface area contributed by atoms with Crippen LogP contribution in [0.3, 0.4) is 0 Å². The zero-order valence-electron chi connectivity index (χ0n) is 17.2. The largest absolute Gasteiger partial charge is 0.333 e. The van der Waals surface area contributed by atoms with Crippen molar-refractivity contribution in [2.75, 3.05) is 0 Å². The normalized spacial score (nSPS) is 10.6. The first-order chi connectivity index (χ1) is 15.6. The Balaban J connectivity index is 0.00000119. The van der Waals surface area contributed by atoms with Crippen molar-refractivity contribution in [2.45, 2.75) is 13.8 Å². The highest BCUT2D eigenvalue weighted by atomic mass is 35.5. The van der Waals surface area contributed by atoms with Crippen LogP contribution in [0.25, 0.3) is 37.1 Å². The Bertz CT molecular complexity index is 1620. The smallest absolute Gasteiger partial charge is 0.306 e. The Morgan fingerprint density at radius 3 is 2.66 bits per heavy atom. The van der Waals surface area contributed by atoms with Crippen molar-refractivity contribution in [3.63, 3.8) is 0 Å². The minimum absolute atomic E-state index is 0.385. The molecule has 5 rings (SSSR count). The highest BCUT2D eigenvalue weighted by Crippen LogP contribution is 2.35. The summed E-state index contributed by atoms with van der Waals surface area (Å²) in [5.74, 6) is 0. The van der Waals surface area contributed by atoms with Crippen molar-refractivity contribution in [3.8, 4) is 22.2 Å². The number of hydrogen-bond donors (Lipinski definition) is 1. The Morgan fingerprint density at radius 1 is 1.09 bits per heavy atom. The van der Waals surface area contributed by atoms with Crippen LogP contribution in [0.2, 0.25) is 5.02 Å². The van der Waals surface area contributed by atoms with E-state index >= 15 is 0 Å². The lowest BCUT2D eigenvalue weighted by molar-refractivity contribution is 0.905. The summed E-state index contributed by atoms with van der Waals surface area (Å²) in [5.41, 5.74) is 0.950. The van der Waals surface area contributed by atoms with Gasteiger partial charge < -0.3 is 4.98 Å². The number of halogens is 1. The van der Waals surface area contributed by atoms with Crippen LogP contribution in [-0.4, -0.2) is 14.5 Å². The summed E-state index contributed by atoms with van der Waals surface area (Å²) < 4.78 is 1.49. The number of thiophene rings is 1. The van der Waals surface area contributed by atoms with Gasteiger partial charge in [-0.2, -0.15) is 5.26 Å². The van der Waals surface area contributed by atoms with Crippen molar-refractivity contribution >= 4 is 43.9 Å². The molecule has 8 heteroatoms. The fourth-order valence-electron chi connectivity index (χ4n) is 3.42. The molecule has 0 unspecified atom stereocenters. The Kier molecular flexibility index (Phi) is 5.91. The fraction of sp³-hybridized carbons (Fsp3) is 0.0833. The number of benzene rings is 2. The molecule has 5 aromatic rings. The van der Waals surface area contributed by atoms with Crippen LogP contribution in [0.1, 0.15) is 19.4 Å². The summed E-state index contributed by atoms with van der Waals surface area (Å²) in [4.78, 5) is 33.8. The van der Waals surface area contributed by atoms with Crippen molar-refractivity contribution in [3.05, 3.63) is 92.3 Å². The zero-order valence-corrected chi connectivity index (χ0v) is 18.8. The summed E-state index contributed by atoms with van der Waals surface area (Å²) in [7, 11) is 0. The fourth-order valence-corrected chi connectivity index (χ4v) is 4.77. The van der Waals surface area contributed by atoms with Gasteiger partial charge in [0.05, 0.1) is 29.0 Å². The molecule has 0 bridgehead atoms. The quantitative estimate of drug-likeness (QED) is 0.376. The van der Waals surface area contributed by atoms with Gasteiger partial charge in [0.1, 0.15) is 4.70 Å². The van der Waals surface area contributed by atoms with Gasteiger partial charge in [-0.15, -0.1) is 11.3 Å². The zero-order chi connectivity index (χ0) is 22.8. The first kappa shape index (κ1) is 21.5. The summed E-state index contributed by atoms with van der Waals surface area (Å²) in [6.45, 7) is 4.00. The monoisotopic (exact) mass is 460 g/mol. The lowest BCUT2D eigenvalue weighted by Crippen LogP contribution is -2.33. The predicted molar refractivity (Wildman–Crippen MR) is 130 cm³/mol. The third-order valence-corrected chi connectivity index (χ3v) is 6.31. The van der Waals surface area contributed by atoms with E-state index in [0.717, 1.165) is 15.3 Å². The van der Waals surface area contributed by atoms with Gasteiger partial charge in [0.15, 0.2) is 0 Å². The molecule has 1 N–H and O–H groups in total. The molecule has 3 aromatic heterocycles. The lowest BCUT2D eigenvalue weighted by Gasteiger charge is -2.07. The van der Waals surface area contributed by atoms with Crippen LogP contribution >= 0.6 is 22.9 Å². The molecule has 0 aliphatic heterocycles. The van der Waals surface area contributed by atoms with Gasteiger partial charge in [0, 0.05) is 32.4 Å². The molecule has 158 valence electrons. The average Bonchev–Trinajstić information content (AvgIpc) is 3.25. The molecule has 0 saturated heterocycles. The summed E-state index contributed by atoms with van der Waals surface area (Å²) in [6, 6.07) is 16.1. The van der Waals surface area contributed by atoms with Crippen molar-refractivity contribution < 1.29 is 0 Å². The molecule has 0 atom stereocenters. The number of nitriles is 1. The minimum atomic E-state index is -0.549. The molecular formula is C24H17ClN4O2S. The van der Waals surface area contributed by atoms with Crippen LogP contribution < -0.4 is 11.2 Å². The van der Waals surface area contributed by atoms with Crippen molar-refractivity contribution in [1.29, 1.82) is 5.26 Å². The van der Waals surface area contributed by atoms with E-state index in [2.05, 4.69) is 16.0 Å². The van der Waals surface area contributed by atoms with Crippen molar-refractivity contribution in [2.24, 2.45) is 0 Å². The van der Waals surface area contributed by atoms with E-state index in [1.807, 2.05) is 38.1 Å². The van der Waals surface area contributed by atoms with Gasteiger partial charge >= 0.3 is 5.69 Å². The van der Waals surface area contributed by atoms with Crippen LogP contribution in [0.15, 0.2) is 70.5 Å². The summed E-state index contributed by atoms with van der Waals surface area (Å²) in [5, 5.41) is 11.2. The highest BCUT2D eigenvalue weighted by molar-refractivity contribution is 7.22. The predicted octanol–water partition coefficient (Wildman–Crippen LogP) is 5.51. The van der Waals surface area contributed by atoms with E-state index in [4.69, 9.17) is 11.6 Å². The molecule has 3 heterocycles. The standard InChI is InChI=1S/C22H11ClN4O2S.C2H6/c23-16-6-5-12(9-24)7-15(16)19-8-17-20(30-19)21(28)27(22(29)26-17)18-11-25-10-13-3-1-2-4-14(13)18;1-2/h1-8,10-11H,(H,26,29);1-2H3. The maximum absolute atomic E-state index is 13.3. The molecule has 0 radical (unpaired) electrons. The first-order valence-electron chi connectivity index (χ1n) is 9.89. The van der Waals surface area contributed by atoms with Crippen molar-refractivity contribution in [1.82, 2.24) is 14.5 Å². The number of H-pyrrole nitrogens is 1. The van der Waals surface area contributed by atoms with E-state index in [1.165, 1.54) is 17.5 Å². The molecule has 6 nitrogen and oxygen atoms in total. The SMILES string of the molecule is CC.N#Cc1ccc(Cl)c(-c2cc3[nH]c(=O)n(-c4cncc5ccccc45)c(=O)c3s2)c1. The molecule has 32 heavy (non-hydrogen) atoms. The number of rotatable bonds is 2. The van der Waals surface area contributed by atoms with Gasteiger partial charge in [0.25, 0.3) is 5.56 Å². The second-order valence-electron chi connectivity index (χ2n) is 6.61. The topological polar surface area (TPSA) is 91.5 Å². The number of aromatic amines is 1. The molecule has 0 aliphatic carbocycles. The second kappa shape index (κ2) is 8.79. The van der Waals surface area contributed by atoms with Gasteiger partial charge in [-0.1, -0.05) is 49.7 Å². The summed E-state index contributed by atoms with van der Waals surface area (Å²) in [6.07, 6.45) is 3.19. The molecular weight excluding hydrogens is 444 g/mol. The third-order valence-electron chi connectivity index (χ3n) is 4.82. The van der Waals surface area contributed by atoms with E-state index < -0.39 is 11.2 Å². The third kappa shape index (κ3) is 3.60. The molecule has 0 saturated carbocycles. The van der Waals surface area contributed by atoms with E-state index in [0.29, 0.717) is 36.9 Å². The number of pyridine rings is 1. The van der Waals surface area contributed by atoms with E-state index in [1.54, 1.807) is 30.5 Å². The molecule has 0 fully saturated rings. The lowest BCUT2D eigenvalue weighted by atomic mass is 10.1. The number of nitrogens with zero attached hydrogens (tertiary/aromatic N) is 3. The van der Waals surface area contributed by atoms with Crippen LogP contribution in [0.5, 0.6) is 0 Å². The van der Waals surface area contributed by atoms with Crippen LogP contribution in [0.4, 0.5) is 0 Å². The maximum Gasteiger partial charge on any atom is 0.333 e.